The molecule has 0 bridgehead atoms. The van der Waals surface area contributed by atoms with Crippen LogP contribution in [0.4, 0.5) is 10.1 Å². The molecule has 0 aliphatic rings. The van der Waals surface area contributed by atoms with Gasteiger partial charge in [0.15, 0.2) is 0 Å². The number of pyridine rings is 1. The van der Waals surface area contributed by atoms with Gasteiger partial charge in [0, 0.05) is 35.6 Å². The van der Waals surface area contributed by atoms with Crippen LogP contribution in [0.1, 0.15) is 20.7 Å². The number of amides is 2. The highest BCUT2D eigenvalue weighted by Gasteiger charge is 2.16. The Labute approximate surface area is 166 Å². The molecular formula is C22H17FN4O2. The van der Waals surface area contributed by atoms with Gasteiger partial charge in [-0.25, -0.2) is 8.91 Å². The molecule has 6 nitrogen and oxygen atoms in total. The fourth-order valence-electron chi connectivity index (χ4n) is 3.12. The molecule has 0 spiro atoms. The summed E-state index contributed by atoms with van der Waals surface area (Å²) in [6.07, 6.45) is 3.49. The van der Waals surface area contributed by atoms with Gasteiger partial charge in [-0.15, -0.1) is 0 Å². The average Bonchev–Trinajstić information content (AvgIpc) is 3.16. The monoisotopic (exact) mass is 388 g/mol. The Morgan fingerprint density at radius 3 is 2.31 bits per heavy atom. The predicted molar refractivity (Wildman–Crippen MR) is 108 cm³/mol. The number of hydrogen-bond donors (Lipinski definition) is 1. The van der Waals surface area contributed by atoms with Crippen molar-refractivity contribution in [2.75, 3.05) is 11.9 Å². The van der Waals surface area contributed by atoms with E-state index in [1.165, 1.54) is 29.2 Å². The molecule has 2 heterocycles. The Morgan fingerprint density at radius 2 is 1.66 bits per heavy atom. The van der Waals surface area contributed by atoms with Crippen LogP contribution in [-0.2, 0) is 0 Å². The lowest BCUT2D eigenvalue weighted by molar-refractivity contribution is 0.0987. The first-order valence-corrected chi connectivity index (χ1v) is 8.85. The van der Waals surface area contributed by atoms with Crippen LogP contribution >= 0.6 is 0 Å². The van der Waals surface area contributed by atoms with E-state index < -0.39 is 11.7 Å². The number of nitrogens with two attached hydrogens (primary N) is 1. The van der Waals surface area contributed by atoms with Crippen LogP contribution in [0, 0.1) is 5.82 Å². The zero-order valence-electron chi connectivity index (χ0n) is 15.5. The maximum Gasteiger partial charge on any atom is 0.258 e. The Bertz CT molecular complexity index is 1210. The largest absolute Gasteiger partial charge is 0.366 e. The topological polar surface area (TPSA) is 80.7 Å². The number of aromatic nitrogens is 2. The van der Waals surface area contributed by atoms with Crippen molar-refractivity contribution in [2.45, 2.75) is 0 Å². The predicted octanol–water partition coefficient (Wildman–Crippen LogP) is 3.52. The molecule has 7 heteroatoms. The second-order valence-electron chi connectivity index (χ2n) is 6.59. The summed E-state index contributed by atoms with van der Waals surface area (Å²) in [5, 5.41) is 4.35. The molecule has 29 heavy (non-hydrogen) atoms. The molecule has 0 unspecified atom stereocenters. The molecule has 2 aromatic carbocycles. The number of anilines is 1. The number of hydrogen-bond acceptors (Lipinski definition) is 3. The summed E-state index contributed by atoms with van der Waals surface area (Å²) >= 11 is 0. The molecule has 0 saturated carbocycles. The van der Waals surface area contributed by atoms with Gasteiger partial charge in [-0.2, -0.15) is 5.10 Å². The third-order valence-electron chi connectivity index (χ3n) is 4.77. The van der Waals surface area contributed by atoms with Crippen molar-refractivity contribution >= 4 is 23.0 Å². The van der Waals surface area contributed by atoms with Gasteiger partial charge in [0.05, 0.1) is 11.7 Å². The van der Waals surface area contributed by atoms with Crippen LogP contribution < -0.4 is 10.6 Å². The summed E-state index contributed by atoms with van der Waals surface area (Å²) in [4.78, 5) is 25.5. The van der Waals surface area contributed by atoms with Gasteiger partial charge in [0.25, 0.3) is 5.91 Å². The lowest BCUT2D eigenvalue weighted by atomic mass is 10.0. The summed E-state index contributed by atoms with van der Waals surface area (Å²) in [7, 11) is 1.66. The zero-order valence-corrected chi connectivity index (χ0v) is 15.5. The van der Waals surface area contributed by atoms with Crippen molar-refractivity contribution in [1.29, 1.82) is 0 Å². The highest BCUT2D eigenvalue weighted by Crippen LogP contribution is 2.28. The lowest BCUT2D eigenvalue weighted by Crippen LogP contribution is -2.26. The molecule has 2 amide bonds. The number of halogens is 1. The first-order chi connectivity index (χ1) is 13.9. The summed E-state index contributed by atoms with van der Waals surface area (Å²) in [5.74, 6) is -1.13. The van der Waals surface area contributed by atoms with E-state index in [1.807, 2.05) is 6.07 Å². The third kappa shape index (κ3) is 3.45. The van der Waals surface area contributed by atoms with Crippen molar-refractivity contribution < 1.29 is 14.0 Å². The van der Waals surface area contributed by atoms with Crippen molar-refractivity contribution in [3.05, 3.63) is 90.0 Å². The molecule has 0 fully saturated rings. The lowest BCUT2D eigenvalue weighted by Gasteiger charge is -2.18. The maximum atomic E-state index is 13.1. The van der Waals surface area contributed by atoms with Crippen molar-refractivity contribution in [3.63, 3.8) is 0 Å². The van der Waals surface area contributed by atoms with E-state index in [0.717, 1.165) is 16.6 Å². The Hall–Kier alpha value is -4.00. The average molecular weight is 388 g/mol. The van der Waals surface area contributed by atoms with E-state index in [-0.39, 0.29) is 5.91 Å². The molecular weight excluding hydrogens is 371 g/mol. The number of rotatable bonds is 4. The maximum absolute atomic E-state index is 13.1. The van der Waals surface area contributed by atoms with E-state index in [0.29, 0.717) is 16.8 Å². The second kappa shape index (κ2) is 7.20. The molecule has 0 atom stereocenters. The van der Waals surface area contributed by atoms with Crippen LogP contribution in [-0.4, -0.2) is 28.5 Å². The summed E-state index contributed by atoms with van der Waals surface area (Å²) in [5.41, 5.74) is 9.31. The smallest absolute Gasteiger partial charge is 0.258 e. The SMILES string of the molecule is CN(C(=O)c1ccc(F)cc1)c1ccn2ncc(-c3ccc(C(N)=O)cc3)c2c1. The van der Waals surface area contributed by atoms with Gasteiger partial charge in [-0.1, -0.05) is 12.1 Å². The summed E-state index contributed by atoms with van der Waals surface area (Å²) in [6, 6.07) is 16.0. The quantitative estimate of drug-likeness (QED) is 0.581. The van der Waals surface area contributed by atoms with Gasteiger partial charge in [-0.3, -0.25) is 9.59 Å². The minimum Gasteiger partial charge on any atom is -0.366 e. The first kappa shape index (κ1) is 18.4. The van der Waals surface area contributed by atoms with Gasteiger partial charge in [-0.05, 0) is 54.1 Å². The van der Waals surface area contributed by atoms with Gasteiger partial charge >= 0.3 is 0 Å². The highest BCUT2D eigenvalue weighted by molar-refractivity contribution is 6.06. The minimum absolute atomic E-state index is 0.249. The van der Waals surface area contributed by atoms with Crippen LogP contribution in [0.15, 0.2) is 73.1 Å². The Morgan fingerprint density at radius 1 is 1.00 bits per heavy atom. The summed E-state index contributed by atoms with van der Waals surface area (Å²) in [6.45, 7) is 0. The van der Waals surface area contributed by atoms with E-state index in [1.54, 1.807) is 54.3 Å². The molecule has 0 radical (unpaired) electrons. The number of carbonyl (C=O) groups excluding carboxylic acids is 2. The minimum atomic E-state index is -0.486. The Kier molecular flexibility index (Phi) is 4.56. The van der Waals surface area contributed by atoms with Crippen LogP contribution in [0.25, 0.3) is 16.6 Å². The highest BCUT2D eigenvalue weighted by atomic mass is 19.1. The fraction of sp³-hybridized carbons (Fsp3) is 0.0455. The number of fused-ring (bicyclic) bond motifs is 1. The fourth-order valence-corrected chi connectivity index (χ4v) is 3.12. The van der Waals surface area contributed by atoms with Crippen LogP contribution in [0.5, 0.6) is 0 Å². The second-order valence-corrected chi connectivity index (χ2v) is 6.59. The molecule has 2 aromatic heterocycles. The van der Waals surface area contributed by atoms with Gasteiger partial charge < -0.3 is 10.6 Å². The molecule has 2 N–H and O–H groups in total. The standard InChI is InChI=1S/C22H17FN4O2/c1-26(22(29)16-6-8-17(23)9-7-16)18-10-11-27-20(12-18)19(13-25-27)14-2-4-15(5-3-14)21(24)28/h2-13H,1H3,(H2,24,28). The number of carbonyl (C=O) groups is 2. The Balaban J connectivity index is 1.70. The molecule has 4 aromatic rings. The van der Waals surface area contributed by atoms with Crippen molar-refractivity contribution in [1.82, 2.24) is 9.61 Å². The molecule has 0 aliphatic heterocycles. The third-order valence-corrected chi connectivity index (χ3v) is 4.77. The normalized spacial score (nSPS) is 10.8. The van der Waals surface area contributed by atoms with E-state index in [9.17, 15) is 14.0 Å². The van der Waals surface area contributed by atoms with E-state index in [2.05, 4.69) is 5.10 Å². The number of benzene rings is 2. The van der Waals surface area contributed by atoms with Crippen LogP contribution in [0.2, 0.25) is 0 Å². The molecule has 0 saturated heterocycles. The summed E-state index contributed by atoms with van der Waals surface area (Å²) < 4.78 is 14.8. The van der Waals surface area contributed by atoms with E-state index >= 15 is 0 Å². The first-order valence-electron chi connectivity index (χ1n) is 8.85. The molecule has 0 aliphatic carbocycles. The number of primary amides is 1. The molecule has 4 rings (SSSR count). The molecule has 144 valence electrons. The number of nitrogens with zero attached hydrogens (tertiary/aromatic N) is 3. The van der Waals surface area contributed by atoms with Crippen LogP contribution in [0.3, 0.4) is 0 Å². The van der Waals surface area contributed by atoms with Crippen molar-refractivity contribution in [3.8, 4) is 11.1 Å². The van der Waals surface area contributed by atoms with Crippen molar-refractivity contribution in [2.24, 2.45) is 5.73 Å². The van der Waals surface area contributed by atoms with Gasteiger partial charge in [0.2, 0.25) is 5.91 Å². The van der Waals surface area contributed by atoms with E-state index in [4.69, 9.17) is 5.73 Å². The van der Waals surface area contributed by atoms with Gasteiger partial charge in [0.1, 0.15) is 5.82 Å². The zero-order chi connectivity index (χ0) is 20.5.